The van der Waals surface area contributed by atoms with Gasteiger partial charge >= 0.3 is 0 Å². The lowest BCUT2D eigenvalue weighted by atomic mass is 9.97. The number of hydrogen-bond donors (Lipinski definition) is 1. The van der Waals surface area contributed by atoms with Gasteiger partial charge < -0.3 is 9.88 Å². The normalized spacial score (nSPS) is 27.3. The van der Waals surface area contributed by atoms with Crippen LogP contribution in [0.15, 0.2) is 18.2 Å². The predicted octanol–water partition coefficient (Wildman–Crippen LogP) is 3.35. The third kappa shape index (κ3) is 1.87. The zero-order valence-electron chi connectivity index (χ0n) is 11.1. The fourth-order valence-corrected chi connectivity index (χ4v) is 3.38. The van der Waals surface area contributed by atoms with Gasteiger partial charge in [-0.3, -0.25) is 0 Å². The summed E-state index contributed by atoms with van der Waals surface area (Å²) in [6.45, 7) is 4.46. The molecule has 1 saturated carbocycles. The van der Waals surface area contributed by atoms with Crippen LogP contribution in [0.1, 0.15) is 37.5 Å². The van der Waals surface area contributed by atoms with Crippen LogP contribution in [0.25, 0.3) is 11.0 Å². The van der Waals surface area contributed by atoms with E-state index in [-0.39, 0.29) is 0 Å². The second-order valence-electron chi connectivity index (χ2n) is 5.95. The number of hydrogen-bond acceptors (Lipinski definition) is 2. The number of imidazole rings is 1. The smallest absolute Gasteiger partial charge is 0.114 e. The Hall–Kier alpha value is -1.06. The molecule has 0 spiro atoms. The summed E-state index contributed by atoms with van der Waals surface area (Å²) in [5, 5.41) is 4.29. The molecule has 4 rings (SSSR count). The van der Waals surface area contributed by atoms with Gasteiger partial charge in [-0.05, 0) is 43.5 Å². The molecule has 19 heavy (non-hydrogen) atoms. The topological polar surface area (TPSA) is 29.9 Å². The molecule has 1 aromatic carbocycles. The van der Waals surface area contributed by atoms with Crippen LogP contribution < -0.4 is 5.32 Å². The summed E-state index contributed by atoms with van der Waals surface area (Å²) < 4.78 is 2.45. The average molecular weight is 276 g/mol. The Labute approximate surface area is 118 Å². The van der Waals surface area contributed by atoms with E-state index in [9.17, 15) is 0 Å². The molecule has 2 heterocycles. The highest BCUT2D eigenvalue weighted by molar-refractivity contribution is 6.31. The molecule has 100 valence electrons. The van der Waals surface area contributed by atoms with Gasteiger partial charge in [-0.2, -0.15) is 0 Å². The first kappa shape index (κ1) is 11.7. The first-order chi connectivity index (χ1) is 9.24. The highest BCUT2D eigenvalue weighted by atomic mass is 35.5. The van der Waals surface area contributed by atoms with E-state index in [0.717, 1.165) is 23.6 Å². The molecule has 2 fully saturated rings. The molecule has 0 amide bonds. The van der Waals surface area contributed by atoms with Gasteiger partial charge in [0.1, 0.15) is 5.82 Å². The summed E-state index contributed by atoms with van der Waals surface area (Å²) in [6.07, 6.45) is 2.55. The van der Waals surface area contributed by atoms with Crippen LogP contribution >= 0.6 is 11.6 Å². The Bertz CT molecular complexity index is 630. The van der Waals surface area contributed by atoms with Crippen molar-refractivity contribution in [3.05, 3.63) is 29.0 Å². The van der Waals surface area contributed by atoms with Crippen molar-refractivity contribution in [2.75, 3.05) is 13.1 Å². The van der Waals surface area contributed by atoms with E-state index in [1.807, 2.05) is 12.1 Å². The van der Waals surface area contributed by atoms with Crippen LogP contribution in [-0.2, 0) is 0 Å². The van der Waals surface area contributed by atoms with E-state index in [4.69, 9.17) is 16.6 Å². The number of nitrogens with zero attached hydrogens (tertiary/aromatic N) is 2. The highest BCUT2D eigenvalue weighted by Crippen LogP contribution is 2.42. The van der Waals surface area contributed by atoms with Crippen LogP contribution in [-0.4, -0.2) is 22.6 Å². The Kier molecular flexibility index (Phi) is 2.61. The van der Waals surface area contributed by atoms with Crippen molar-refractivity contribution in [3.63, 3.8) is 0 Å². The standard InChI is InChI=1S/C15H18ClN3/c1-9-7-17-8-12(9)15-18-13-5-2-10(16)6-14(13)19(15)11-3-4-11/h2,5-6,9,11-12,17H,3-4,7-8H2,1H3/t9-,12-/m1/s1. The molecule has 2 aliphatic rings. The molecular weight excluding hydrogens is 258 g/mol. The van der Waals surface area contributed by atoms with Crippen molar-refractivity contribution >= 4 is 22.6 Å². The molecule has 2 aromatic rings. The van der Waals surface area contributed by atoms with Gasteiger partial charge in [0.15, 0.2) is 0 Å². The second kappa shape index (κ2) is 4.22. The van der Waals surface area contributed by atoms with Gasteiger partial charge in [-0.1, -0.05) is 18.5 Å². The molecule has 1 aliphatic carbocycles. The fourth-order valence-electron chi connectivity index (χ4n) is 3.22. The number of halogens is 1. The van der Waals surface area contributed by atoms with Crippen LogP contribution in [0.4, 0.5) is 0 Å². The van der Waals surface area contributed by atoms with Gasteiger partial charge in [0, 0.05) is 23.5 Å². The van der Waals surface area contributed by atoms with E-state index in [0.29, 0.717) is 17.9 Å². The molecule has 0 unspecified atom stereocenters. The van der Waals surface area contributed by atoms with Crippen molar-refractivity contribution in [3.8, 4) is 0 Å². The summed E-state index contributed by atoms with van der Waals surface area (Å²) in [5.41, 5.74) is 2.30. The fraction of sp³-hybridized carbons (Fsp3) is 0.533. The van der Waals surface area contributed by atoms with Gasteiger partial charge in [0.05, 0.1) is 11.0 Å². The zero-order chi connectivity index (χ0) is 13.0. The van der Waals surface area contributed by atoms with Crippen LogP contribution in [0, 0.1) is 5.92 Å². The molecule has 1 saturated heterocycles. The van der Waals surface area contributed by atoms with E-state index in [2.05, 4.69) is 22.9 Å². The first-order valence-electron chi connectivity index (χ1n) is 7.12. The lowest BCUT2D eigenvalue weighted by Crippen LogP contribution is -2.14. The molecule has 0 radical (unpaired) electrons. The van der Waals surface area contributed by atoms with E-state index in [1.165, 1.54) is 24.2 Å². The highest BCUT2D eigenvalue weighted by Gasteiger charge is 2.34. The van der Waals surface area contributed by atoms with E-state index in [1.54, 1.807) is 0 Å². The molecule has 1 aliphatic heterocycles. The zero-order valence-corrected chi connectivity index (χ0v) is 11.8. The van der Waals surface area contributed by atoms with E-state index >= 15 is 0 Å². The first-order valence-corrected chi connectivity index (χ1v) is 7.50. The number of fused-ring (bicyclic) bond motifs is 1. The summed E-state index contributed by atoms with van der Waals surface area (Å²) >= 11 is 6.16. The SMILES string of the molecule is C[C@@H]1CNC[C@H]1c1nc2ccc(Cl)cc2n1C1CC1. The number of aromatic nitrogens is 2. The lowest BCUT2D eigenvalue weighted by Gasteiger charge is -2.16. The largest absolute Gasteiger partial charge is 0.325 e. The minimum atomic E-state index is 0.534. The van der Waals surface area contributed by atoms with E-state index < -0.39 is 0 Å². The summed E-state index contributed by atoms with van der Waals surface area (Å²) in [7, 11) is 0. The van der Waals surface area contributed by atoms with Gasteiger partial charge in [0.2, 0.25) is 0 Å². The van der Waals surface area contributed by atoms with Crippen LogP contribution in [0.5, 0.6) is 0 Å². The van der Waals surface area contributed by atoms with Gasteiger partial charge in [-0.25, -0.2) is 4.98 Å². The third-order valence-electron chi connectivity index (χ3n) is 4.44. The summed E-state index contributed by atoms with van der Waals surface area (Å²) in [5.74, 6) is 2.45. The molecule has 4 heteroatoms. The second-order valence-corrected chi connectivity index (χ2v) is 6.38. The monoisotopic (exact) mass is 275 g/mol. The van der Waals surface area contributed by atoms with Gasteiger partial charge in [0.25, 0.3) is 0 Å². The summed E-state index contributed by atoms with van der Waals surface area (Å²) in [6, 6.07) is 6.70. The Balaban J connectivity index is 1.91. The average Bonchev–Trinajstić information content (AvgIpc) is 3.03. The van der Waals surface area contributed by atoms with Crippen molar-refractivity contribution in [2.45, 2.75) is 31.7 Å². The van der Waals surface area contributed by atoms with Crippen molar-refractivity contribution in [2.24, 2.45) is 5.92 Å². The van der Waals surface area contributed by atoms with Gasteiger partial charge in [-0.15, -0.1) is 0 Å². The lowest BCUT2D eigenvalue weighted by molar-refractivity contribution is 0.519. The minimum absolute atomic E-state index is 0.534. The summed E-state index contributed by atoms with van der Waals surface area (Å²) in [4.78, 5) is 4.91. The number of nitrogens with one attached hydrogen (secondary N) is 1. The molecule has 3 nitrogen and oxygen atoms in total. The predicted molar refractivity (Wildman–Crippen MR) is 77.8 cm³/mol. The van der Waals surface area contributed by atoms with Crippen molar-refractivity contribution in [1.82, 2.24) is 14.9 Å². The van der Waals surface area contributed by atoms with Crippen molar-refractivity contribution in [1.29, 1.82) is 0 Å². The van der Waals surface area contributed by atoms with Crippen molar-refractivity contribution < 1.29 is 0 Å². The Morgan fingerprint density at radius 3 is 2.84 bits per heavy atom. The quantitative estimate of drug-likeness (QED) is 0.911. The maximum absolute atomic E-state index is 6.16. The number of rotatable bonds is 2. The number of benzene rings is 1. The maximum Gasteiger partial charge on any atom is 0.114 e. The molecular formula is C15H18ClN3. The molecule has 1 N–H and O–H groups in total. The Morgan fingerprint density at radius 2 is 2.16 bits per heavy atom. The van der Waals surface area contributed by atoms with Crippen LogP contribution in [0.2, 0.25) is 5.02 Å². The maximum atomic E-state index is 6.16. The third-order valence-corrected chi connectivity index (χ3v) is 4.68. The minimum Gasteiger partial charge on any atom is -0.325 e. The van der Waals surface area contributed by atoms with Crippen LogP contribution in [0.3, 0.4) is 0 Å². The molecule has 0 bridgehead atoms. The molecule has 2 atom stereocenters. The Morgan fingerprint density at radius 1 is 1.32 bits per heavy atom. The molecule has 1 aromatic heterocycles.